The summed E-state index contributed by atoms with van der Waals surface area (Å²) in [6, 6.07) is -0.167. The minimum absolute atomic E-state index is 0.0766. The SMILES string of the molecule is CCS(=O)(=O)N1CCC(NS(=O)(=O)CCCCCl)CC1. The number of hydrogen-bond acceptors (Lipinski definition) is 4. The summed E-state index contributed by atoms with van der Waals surface area (Å²) in [6.07, 6.45) is 2.26. The number of hydrogen-bond donors (Lipinski definition) is 1. The third-order valence-corrected chi connectivity index (χ3v) is 7.02. The largest absolute Gasteiger partial charge is 0.213 e. The lowest BCUT2D eigenvalue weighted by atomic mass is 10.1. The number of halogens is 1. The van der Waals surface area contributed by atoms with E-state index in [-0.39, 0.29) is 17.5 Å². The Balaban J connectivity index is 2.43. The van der Waals surface area contributed by atoms with Crippen molar-refractivity contribution < 1.29 is 16.8 Å². The molecular weight excluding hydrogens is 324 g/mol. The van der Waals surface area contributed by atoms with Gasteiger partial charge in [-0.3, -0.25) is 0 Å². The van der Waals surface area contributed by atoms with Gasteiger partial charge in [0, 0.05) is 25.0 Å². The Morgan fingerprint density at radius 1 is 1.15 bits per heavy atom. The highest BCUT2D eigenvalue weighted by Gasteiger charge is 2.28. The predicted molar refractivity (Wildman–Crippen MR) is 80.9 cm³/mol. The van der Waals surface area contributed by atoms with Crippen LogP contribution in [0.1, 0.15) is 32.6 Å². The van der Waals surface area contributed by atoms with E-state index in [2.05, 4.69) is 4.72 Å². The van der Waals surface area contributed by atoms with Crippen LogP contribution in [0.25, 0.3) is 0 Å². The van der Waals surface area contributed by atoms with E-state index in [9.17, 15) is 16.8 Å². The zero-order chi connectivity index (χ0) is 15.2. The Morgan fingerprint density at radius 2 is 1.75 bits per heavy atom. The first-order chi connectivity index (χ1) is 9.30. The van der Waals surface area contributed by atoms with E-state index in [1.807, 2.05) is 0 Å². The summed E-state index contributed by atoms with van der Waals surface area (Å²) in [5, 5.41) is 0. The van der Waals surface area contributed by atoms with Crippen LogP contribution in [0.3, 0.4) is 0 Å². The molecule has 0 spiro atoms. The van der Waals surface area contributed by atoms with E-state index in [4.69, 9.17) is 11.6 Å². The van der Waals surface area contributed by atoms with Crippen molar-refractivity contribution >= 4 is 31.6 Å². The summed E-state index contributed by atoms with van der Waals surface area (Å²) in [5.41, 5.74) is 0. The van der Waals surface area contributed by atoms with Crippen LogP contribution in [0, 0.1) is 0 Å². The van der Waals surface area contributed by atoms with Gasteiger partial charge in [-0.2, -0.15) is 0 Å². The molecule has 1 rings (SSSR count). The maximum atomic E-state index is 11.8. The molecule has 0 atom stereocenters. The standard InChI is InChI=1S/C11H23ClN2O4S2/c1-2-20(17,18)14-8-5-11(6-9-14)13-19(15,16)10-4-3-7-12/h11,13H,2-10H2,1H3. The highest BCUT2D eigenvalue weighted by molar-refractivity contribution is 7.89. The Labute approximate surface area is 127 Å². The van der Waals surface area contributed by atoms with Crippen LogP contribution in [0.4, 0.5) is 0 Å². The molecule has 0 unspecified atom stereocenters. The van der Waals surface area contributed by atoms with Gasteiger partial charge in [-0.1, -0.05) is 0 Å². The molecular formula is C11H23ClN2O4S2. The molecule has 1 saturated heterocycles. The maximum Gasteiger partial charge on any atom is 0.213 e. The zero-order valence-electron chi connectivity index (χ0n) is 11.7. The van der Waals surface area contributed by atoms with Gasteiger partial charge in [0.05, 0.1) is 11.5 Å². The molecule has 120 valence electrons. The quantitative estimate of drug-likeness (QED) is 0.519. The first-order valence-corrected chi connectivity index (χ1v) is 10.6. The second kappa shape index (κ2) is 7.93. The lowest BCUT2D eigenvalue weighted by Gasteiger charge is -2.31. The smallest absolute Gasteiger partial charge is 0.212 e. The molecule has 0 aromatic carbocycles. The van der Waals surface area contributed by atoms with Crippen LogP contribution in [0.2, 0.25) is 0 Å². The molecule has 0 saturated carbocycles. The molecule has 0 amide bonds. The van der Waals surface area contributed by atoms with Gasteiger partial charge in [0.25, 0.3) is 0 Å². The fourth-order valence-electron chi connectivity index (χ4n) is 2.13. The number of alkyl halides is 1. The molecule has 0 bridgehead atoms. The lowest BCUT2D eigenvalue weighted by molar-refractivity contribution is 0.309. The van der Waals surface area contributed by atoms with Gasteiger partial charge < -0.3 is 0 Å². The molecule has 0 aromatic rings. The fourth-order valence-corrected chi connectivity index (χ4v) is 4.90. The highest BCUT2D eigenvalue weighted by Crippen LogP contribution is 2.15. The minimum Gasteiger partial charge on any atom is -0.212 e. The molecule has 1 heterocycles. The average molecular weight is 347 g/mol. The molecule has 6 nitrogen and oxygen atoms in total. The topological polar surface area (TPSA) is 83.6 Å². The van der Waals surface area contributed by atoms with Crippen molar-refractivity contribution in [2.75, 3.05) is 30.5 Å². The monoisotopic (exact) mass is 346 g/mol. The highest BCUT2D eigenvalue weighted by atomic mass is 35.5. The van der Waals surface area contributed by atoms with Gasteiger partial charge in [0.15, 0.2) is 0 Å². The number of sulfonamides is 2. The second-order valence-corrected chi connectivity index (χ2v) is 9.42. The van der Waals surface area contributed by atoms with E-state index in [1.165, 1.54) is 4.31 Å². The Kier molecular flexibility index (Phi) is 7.20. The van der Waals surface area contributed by atoms with E-state index in [0.29, 0.717) is 44.7 Å². The van der Waals surface area contributed by atoms with E-state index >= 15 is 0 Å². The minimum atomic E-state index is -3.29. The van der Waals surface area contributed by atoms with Crippen LogP contribution in [0.5, 0.6) is 0 Å². The van der Waals surface area contributed by atoms with Crippen LogP contribution in [-0.2, 0) is 20.0 Å². The van der Waals surface area contributed by atoms with Crippen molar-refractivity contribution in [2.24, 2.45) is 0 Å². The summed E-state index contributed by atoms with van der Waals surface area (Å²) >= 11 is 5.52. The predicted octanol–water partition coefficient (Wildman–Crippen LogP) is 0.739. The van der Waals surface area contributed by atoms with Crippen molar-refractivity contribution in [2.45, 2.75) is 38.6 Å². The van der Waals surface area contributed by atoms with Crippen molar-refractivity contribution in [1.29, 1.82) is 0 Å². The summed E-state index contributed by atoms with van der Waals surface area (Å²) < 4.78 is 51.1. The van der Waals surface area contributed by atoms with Crippen LogP contribution < -0.4 is 4.72 Å². The van der Waals surface area contributed by atoms with Crippen molar-refractivity contribution in [1.82, 2.24) is 9.03 Å². The summed E-state index contributed by atoms with van der Waals surface area (Å²) in [7, 11) is -6.45. The molecule has 9 heteroatoms. The Bertz CT molecular complexity index is 485. The van der Waals surface area contributed by atoms with Crippen LogP contribution in [0.15, 0.2) is 0 Å². The number of rotatable bonds is 8. The summed E-state index contributed by atoms with van der Waals surface area (Å²) in [6.45, 7) is 2.37. The molecule has 1 fully saturated rings. The van der Waals surface area contributed by atoms with E-state index < -0.39 is 20.0 Å². The van der Waals surface area contributed by atoms with Gasteiger partial charge in [0.1, 0.15) is 0 Å². The molecule has 20 heavy (non-hydrogen) atoms. The first kappa shape index (κ1) is 18.2. The van der Waals surface area contributed by atoms with E-state index in [0.717, 1.165) is 0 Å². The molecule has 1 aliphatic rings. The number of unbranched alkanes of at least 4 members (excludes halogenated alkanes) is 1. The lowest BCUT2D eigenvalue weighted by Crippen LogP contribution is -2.47. The normalized spacial score (nSPS) is 19.3. The van der Waals surface area contributed by atoms with E-state index in [1.54, 1.807) is 6.92 Å². The van der Waals surface area contributed by atoms with Crippen molar-refractivity contribution in [3.05, 3.63) is 0 Å². The molecule has 0 aliphatic carbocycles. The first-order valence-electron chi connectivity index (χ1n) is 6.84. The number of nitrogens with one attached hydrogen (secondary N) is 1. The second-order valence-electron chi connectivity index (χ2n) is 4.91. The summed E-state index contributed by atoms with van der Waals surface area (Å²) in [5.74, 6) is 0.623. The zero-order valence-corrected chi connectivity index (χ0v) is 14.1. The van der Waals surface area contributed by atoms with Gasteiger partial charge in [0.2, 0.25) is 20.0 Å². The molecule has 1 N–H and O–H groups in total. The number of nitrogens with zero attached hydrogens (tertiary/aromatic N) is 1. The maximum absolute atomic E-state index is 11.8. The van der Waals surface area contributed by atoms with Crippen LogP contribution in [-0.4, -0.2) is 57.7 Å². The third kappa shape index (κ3) is 5.85. The van der Waals surface area contributed by atoms with Gasteiger partial charge in [-0.05, 0) is 32.6 Å². The molecule has 0 radical (unpaired) electrons. The van der Waals surface area contributed by atoms with Gasteiger partial charge in [-0.15, -0.1) is 11.6 Å². The third-order valence-electron chi connectivity index (χ3n) is 3.36. The molecule has 1 aliphatic heterocycles. The fraction of sp³-hybridized carbons (Fsp3) is 1.00. The molecule has 0 aromatic heterocycles. The van der Waals surface area contributed by atoms with Gasteiger partial charge in [-0.25, -0.2) is 25.9 Å². The van der Waals surface area contributed by atoms with Crippen LogP contribution >= 0.6 is 11.6 Å². The Hall–Kier alpha value is 0.110. The van der Waals surface area contributed by atoms with Gasteiger partial charge >= 0.3 is 0 Å². The Morgan fingerprint density at radius 3 is 2.25 bits per heavy atom. The van der Waals surface area contributed by atoms with Crippen molar-refractivity contribution in [3.8, 4) is 0 Å². The number of piperidine rings is 1. The summed E-state index contributed by atoms with van der Waals surface area (Å²) in [4.78, 5) is 0. The average Bonchev–Trinajstić information content (AvgIpc) is 2.39. The van der Waals surface area contributed by atoms with Crippen molar-refractivity contribution in [3.63, 3.8) is 0 Å².